The van der Waals surface area contributed by atoms with Crippen molar-refractivity contribution < 1.29 is 9.90 Å². The van der Waals surface area contributed by atoms with E-state index in [9.17, 15) is 9.90 Å². The van der Waals surface area contributed by atoms with Gasteiger partial charge in [-0.15, -0.1) is 0 Å². The zero-order valence-corrected chi connectivity index (χ0v) is 14.5. The highest BCUT2D eigenvalue weighted by atomic mass is 35.5. The molecule has 0 aliphatic rings. The first-order chi connectivity index (χ1) is 11.6. The second-order valence-corrected chi connectivity index (χ2v) is 6.11. The molecule has 3 N–H and O–H groups in total. The molecule has 2 aromatic rings. The van der Waals surface area contributed by atoms with Gasteiger partial charge >= 0.3 is 0 Å². The summed E-state index contributed by atoms with van der Waals surface area (Å²) in [5.41, 5.74) is 2.20. The Hall–Kier alpha value is -1.88. The van der Waals surface area contributed by atoms with Crippen molar-refractivity contribution in [3.05, 3.63) is 64.7 Å². The van der Waals surface area contributed by atoms with E-state index in [1.165, 1.54) is 0 Å². The fourth-order valence-corrected chi connectivity index (χ4v) is 2.64. The van der Waals surface area contributed by atoms with Crippen LogP contribution in [0.3, 0.4) is 0 Å². The number of benzene rings is 2. The van der Waals surface area contributed by atoms with Gasteiger partial charge in [0.25, 0.3) is 5.91 Å². The quantitative estimate of drug-likeness (QED) is 0.680. The van der Waals surface area contributed by atoms with E-state index in [0.717, 1.165) is 18.4 Å². The Kier molecular flexibility index (Phi) is 7.25. The van der Waals surface area contributed by atoms with Crippen molar-refractivity contribution in [3.8, 4) is 0 Å². The van der Waals surface area contributed by atoms with Gasteiger partial charge in [0.05, 0.1) is 16.7 Å². The van der Waals surface area contributed by atoms with Crippen LogP contribution < -0.4 is 10.6 Å². The first kappa shape index (κ1) is 18.5. The average molecular weight is 347 g/mol. The molecule has 0 heterocycles. The summed E-state index contributed by atoms with van der Waals surface area (Å²) in [6.45, 7) is 3.25. The van der Waals surface area contributed by atoms with Crippen LogP contribution in [0.25, 0.3) is 0 Å². The molecular formula is C19H23ClN2O2. The van der Waals surface area contributed by atoms with Crippen molar-refractivity contribution in [1.29, 1.82) is 0 Å². The fraction of sp³-hybridized carbons (Fsp3) is 0.316. The largest absolute Gasteiger partial charge is 0.392 e. The summed E-state index contributed by atoms with van der Waals surface area (Å²) in [6.07, 6.45) is 1.44. The number of nitrogens with one attached hydrogen (secondary N) is 2. The van der Waals surface area contributed by atoms with Gasteiger partial charge in [-0.1, -0.05) is 49.2 Å². The van der Waals surface area contributed by atoms with Crippen LogP contribution in [-0.2, 0) is 6.54 Å². The molecule has 0 fully saturated rings. The van der Waals surface area contributed by atoms with Gasteiger partial charge in [-0.05, 0) is 36.2 Å². The maximum absolute atomic E-state index is 12.3. The summed E-state index contributed by atoms with van der Waals surface area (Å²) in [4.78, 5) is 12.3. The molecule has 0 saturated carbocycles. The number of hydrogen-bond donors (Lipinski definition) is 3. The lowest BCUT2D eigenvalue weighted by Gasteiger charge is -2.12. The van der Waals surface area contributed by atoms with Crippen molar-refractivity contribution in [1.82, 2.24) is 5.32 Å². The van der Waals surface area contributed by atoms with Crippen LogP contribution in [0.5, 0.6) is 0 Å². The SMILES string of the molecule is CCCC(O)CNCc1cccc(NC(=O)c2ccccc2Cl)c1. The lowest BCUT2D eigenvalue weighted by molar-refractivity contribution is 0.102. The van der Waals surface area contributed by atoms with Crippen molar-refractivity contribution in [3.63, 3.8) is 0 Å². The molecule has 0 aliphatic carbocycles. The van der Waals surface area contributed by atoms with E-state index in [2.05, 4.69) is 10.6 Å². The summed E-state index contributed by atoms with van der Waals surface area (Å²) in [6, 6.07) is 14.6. The van der Waals surface area contributed by atoms with Crippen LogP contribution in [0, 0.1) is 0 Å². The Bertz CT molecular complexity index is 676. The average Bonchev–Trinajstić information content (AvgIpc) is 2.56. The number of aliphatic hydroxyl groups excluding tert-OH is 1. The second kappa shape index (κ2) is 9.42. The molecule has 0 aliphatic heterocycles. The third-order valence-corrected chi connectivity index (χ3v) is 3.96. The monoisotopic (exact) mass is 346 g/mol. The van der Waals surface area contributed by atoms with Gasteiger partial charge in [0.2, 0.25) is 0 Å². The number of hydrogen-bond acceptors (Lipinski definition) is 3. The standard InChI is InChI=1S/C19H23ClN2O2/c1-2-6-16(23)13-21-12-14-7-5-8-15(11-14)22-19(24)17-9-3-4-10-18(17)20/h3-5,7-11,16,21,23H,2,6,12-13H2,1H3,(H,22,24). The molecule has 1 amide bonds. The van der Waals surface area contributed by atoms with E-state index in [1.54, 1.807) is 24.3 Å². The second-order valence-electron chi connectivity index (χ2n) is 5.71. The molecule has 5 heteroatoms. The predicted molar refractivity (Wildman–Crippen MR) is 98.5 cm³/mol. The first-order valence-corrected chi connectivity index (χ1v) is 8.51. The first-order valence-electron chi connectivity index (χ1n) is 8.13. The Morgan fingerprint density at radius 2 is 2.00 bits per heavy atom. The van der Waals surface area contributed by atoms with Crippen LogP contribution in [-0.4, -0.2) is 23.7 Å². The minimum Gasteiger partial charge on any atom is -0.392 e. The lowest BCUT2D eigenvalue weighted by Crippen LogP contribution is -2.26. The number of anilines is 1. The van der Waals surface area contributed by atoms with Crippen LogP contribution in [0.15, 0.2) is 48.5 Å². The van der Waals surface area contributed by atoms with Crippen molar-refractivity contribution in [2.24, 2.45) is 0 Å². The van der Waals surface area contributed by atoms with E-state index in [1.807, 2.05) is 31.2 Å². The number of rotatable bonds is 8. The molecule has 0 saturated heterocycles. The molecule has 1 unspecified atom stereocenters. The highest BCUT2D eigenvalue weighted by Crippen LogP contribution is 2.18. The molecule has 2 rings (SSSR count). The molecule has 0 spiro atoms. The minimum absolute atomic E-state index is 0.232. The zero-order valence-electron chi connectivity index (χ0n) is 13.8. The number of carbonyl (C=O) groups excluding carboxylic acids is 1. The lowest BCUT2D eigenvalue weighted by atomic mass is 10.1. The van der Waals surface area contributed by atoms with E-state index < -0.39 is 0 Å². The molecule has 4 nitrogen and oxygen atoms in total. The van der Waals surface area contributed by atoms with Gasteiger partial charge < -0.3 is 15.7 Å². The van der Waals surface area contributed by atoms with Gasteiger partial charge in [0.1, 0.15) is 0 Å². The summed E-state index contributed by atoms with van der Waals surface area (Å²) >= 11 is 6.05. The third kappa shape index (κ3) is 5.64. The van der Waals surface area contributed by atoms with E-state index >= 15 is 0 Å². The number of aliphatic hydroxyl groups is 1. The van der Waals surface area contributed by atoms with Gasteiger partial charge in [-0.3, -0.25) is 4.79 Å². The summed E-state index contributed by atoms with van der Waals surface area (Å²) in [5.74, 6) is -0.232. The van der Waals surface area contributed by atoms with Crippen LogP contribution >= 0.6 is 11.6 Å². The predicted octanol–water partition coefficient (Wildman–Crippen LogP) is 3.84. The van der Waals surface area contributed by atoms with Gasteiger partial charge in [-0.25, -0.2) is 0 Å². The zero-order chi connectivity index (χ0) is 17.4. The Morgan fingerprint density at radius 1 is 1.21 bits per heavy atom. The van der Waals surface area contributed by atoms with E-state index in [4.69, 9.17) is 11.6 Å². The number of carbonyl (C=O) groups is 1. The van der Waals surface area contributed by atoms with Crippen LogP contribution in [0.2, 0.25) is 5.02 Å². The fourth-order valence-electron chi connectivity index (χ4n) is 2.42. The molecule has 0 radical (unpaired) electrons. The highest BCUT2D eigenvalue weighted by Gasteiger charge is 2.10. The molecule has 2 aromatic carbocycles. The number of halogens is 1. The van der Waals surface area contributed by atoms with E-state index in [-0.39, 0.29) is 12.0 Å². The van der Waals surface area contributed by atoms with Crippen LogP contribution in [0.1, 0.15) is 35.7 Å². The maximum atomic E-state index is 12.3. The third-order valence-electron chi connectivity index (χ3n) is 3.63. The van der Waals surface area contributed by atoms with E-state index in [0.29, 0.717) is 29.4 Å². The van der Waals surface area contributed by atoms with Crippen molar-refractivity contribution in [2.75, 3.05) is 11.9 Å². The van der Waals surface area contributed by atoms with Crippen LogP contribution in [0.4, 0.5) is 5.69 Å². The van der Waals surface area contributed by atoms with Gasteiger partial charge in [-0.2, -0.15) is 0 Å². The Morgan fingerprint density at radius 3 is 2.75 bits per heavy atom. The van der Waals surface area contributed by atoms with Gasteiger partial charge in [0, 0.05) is 18.8 Å². The minimum atomic E-state index is -0.321. The Balaban J connectivity index is 1.93. The summed E-state index contributed by atoms with van der Waals surface area (Å²) < 4.78 is 0. The highest BCUT2D eigenvalue weighted by molar-refractivity contribution is 6.34. The molecule has 0 aromatic heterocycles. The Labute approximate surface area is 147 Å². The summed E-state index contributed by atoms with van der Waals surface area (Å²) in [5, 5.41) is 16.2. The molecule has 128 valence electrons. The molecule has 0 bridgehead atoms. The van der Waals surface area contributed by atoms with Gasteiger partial charge in [0.15, 0.2) is 0 Å². The molecular weight excluding hydrogens is 324 g/mol. The maximum Gasteiger partial charge on any atom is 0.257 e. The van der Waals surface area contributed by atoms with Crippen molar-refractivity contribution in [2.45, 2.75) is 32.4 Å². The topological polar surface area (TPSA) is 61.4 Å². The normalized spacial score (nSPS) is 12.0. The molecule has 1 atom stereocenters. The smallest absolute Gasteiger partial charge is 0.257 e. The molecule has 24 heavy (non-hydrogen) atoms. The van der Waals surface area contributed by atoms with Crippen molar-refractivity contribution >= 4 is 23.2 Å². The number of amides is 1. The summed E-state index contributed by atoms with van der Waals surface area (Å²) in [7, 11) is 0.